The van der Waals surface area contributed by atoms with Gasteiger partial charge >= 0.3 is 0 Å². The maximum absolute atomic E-state index is 13.7. The third-order valence-electron chi connectivity index (χ3n) is 3.66. The summed E-state index contributed by atoms with van der Waals surface area (Å²) >= 11 is 1.34. The van der Waals surface area contributed by atoms with Crippen molar-refractivity contribution < 1.29 is 13.9 Å². The Labute approximate surface area is 149 Å². The molecule has 0 bridgehead atoms. The lowest BCUT2D eigenvalue weighted by molar-refractivity contribution is 0.0955. The molecule has 1 aromatic heterocycles. The second kappa shape index (κ2) is 7.44. The standard InChI is InChI=1S/C19H17FN2O2S/c1-12-22-17(14-6-4-3-5-7-14)18(25-12)19(23)21-11-13-8-9-16(24-2)15(20)10-13/h3-10H,11H2,1-2H3,(H,21,23). The fraction of sp³-hybridized carbons (Fsp3) is 0.158. The number of hydrogen-bond acceptors (Lipinski definition) is 4. The van der Waals surface area contributed by atoms with E-state index in [0.717, 1.165) is 10.6 Å². The zero-order valence-corrected chi connectivity index (χ0v) is 14.7. The average Bonchev–Trinajstić information content (AvgIpc) is 3.02. The number of nitrogens with zero attached hydrogens (tertiary/aromatic N) is 1. The summed E-state index contributed by atoms with van der Waals surface area (Å²) in [4.78, 5) is 17.6. The summed E-state index contributed by atoms with van der Waals surface area (Å²) in [5, 5.41) is 3.65. The number of amides is 1. The number of carbonyl (C=O) groups is 1. The van der Waals surface area contributed by atoms with E-state index in [1.807, 2.05) is 37.3 Å². The first-order valence-corrected chi connectivity index (χ1v) is 8.53. The first-order valence-electron chi connectivity index (χ1n) is 7.72. The second-order valence-corrected chi connectivity index (χ2v) is 6.63. The summed E-state index contributed by atoms with van der Waals surface area (Å²) in [5.41, 5.74) is 2.23. The van der Waals surface area contributed by atoms with Gasteiger partial charge < -0.3 is 10.1 Å². The Hall–Kier alpha value is -2.73. The number of hydrogen-bond donors (Lipinski definition) is 1. The van der Waals surface area contributed by atoms with E-state index in [1.165, 1.54) is 24.5 Å². The molecule has 0 atom stereocenters. The van der Waals surface area contributed by atoms with Crippen LogP contribution in [0.5, 0.6) is 5.75 Å². The monoisotopic (exact) mass is 356 g/mol. The number of thiazole rings is 1. The molecule has 6 heteroatoms. The number of aromatic nitrogens is 1. The van der Waals surface area contributed by atoms with Gasteiger partial charge in [-0.2, -0.15) is 0 Å². The second-order valence-electron chi connectivity index (χ2n) is 5.43. The molecule has 4 nitrogen and oxygen atoms in total. The molecule has 0 saturated heterocycles. The van der Waals surface area contributed by atoms with Crippen molar-refractivity contribution >= 4 is 17.2 Å². The SMILES string of the molecule is COc1ccc(CNC(=O)c2sc(C)nc2-c2ccccc2)cc1F. The Morgan fingerprint density at radius 1 is 1.24 bits per heavy atom. The zero-order valence-electron chi connectivity index (χ0n) is 13.9. The molecule has 1 N–H and O–H groups in total. The summed E-state index contributed by atoms with van der Waals surface area (Å²) in [6.45, 7) is 2.09. The van der Waals surface area contributed by atoms with E-state index in [2.05, 4.69) is 10.3 Å². The number of aryl methyl sites for hydroxylation is 1. The quantitative estimate of drug-likeness (QED) is 0.745. The van der Waals surface area contributed by atoms with Crippen LogP contribution in [0.15, 0.2) is 48.5 Å². The Balaban J connectivity index is 1.77. The van der Waals surface area contributed by atoms with Crippen molar-refractivity contribution in [2.75, 3.05) is 7.11 Å². The molecule has 2 aromatic carbocycles. The Kier molecular flexibility index (Phi) is 5.09. The molecule has 0 saturated carbocycles. The van der Waals surface area contributed by atoms with E-state index < -0.39 is 5.82 Å². The van der Waals surface area contributed by atoms with Crippen LogP contribution in [-0.2, 0) is 6.54 Å². The van der Waals surface area contributed by atoms with Crippen LogP contribution in [0.25, 0.3) is 11.3 Å². The largest absolute Gasteiger partial charge is 0.494 e. The van der Waals surface area contributed by atoms with E-state index in [0.29, 0.717) is 16.1 Å². The molecular formula is C19H17FN2O2S. The summed E-state index contributed by atoms with van der Waals surface area (Å²) in [5.74, 6) is -0.493. The molecule has 0 aliphatic rings. The molecule has 0 radical (unpaired) electrons. The molecule has 0 fully saturated rings. The van der Waals surface area contributed by atoms with Crippen LogP contribution in [0.2, 0.25) is 0 Å². The lowest BCUT2D eigenvalue weighted by Gasteiger charge is -2.07. The van der Waals surface area contributed by atoms with Crippen molar-refractivity contribution in [1.29, 1.82) is 0 Å². The first-order chi connectivity index (χ1) is 12.1. The summed E-state index contributed by atoms with van der Waals surface area (Å²) in [6, 6.07) is 14.2. The van der Waals surface area contributed by atoms with Gasteiger partial charge in [0.05, 0.1) is 17.8 Å². The molecule has 1 amide bonds. The van der Waals surface area contributed by atoms with E-state index in [-0.39, 0.29) is 18.2 Å². The van der Waals surface area contributed by atoms with Gasteiger partial charge in [0.25, 0.3) is 5.91 Å². The van der Waals surface area contributed by atoms with Gasteiger partial charge in [-0.1, -0.05) is 36.4 Å². The summed E-state index contributed by atoms with van der Waals surface area (Å²) in [7, 11) is 1.41. The van der Waals surface area contributed by atoms with E-state index in [1.54, 1.807) is 12.1 Å². The van der Waals surface area contributed by atoms with Crippen molar-refractivity contribution in [2.45, 2.75) is 13.5 Å². The van der Waals surface area contributed by atoms with Gasteiger partial charge in [0.15, 0.2) is 11.6 Å². The van der Waals surface area contributed by atoms with Gasteiger partial charge in [-0.05, 0) is 24.6 Å². The van der Waals surface area contributed by atoms with Gasteiger partial charge in [-0.25, -0.2) is 9.37 Å². The molecule has 0 aliphatic heterocycles. The number of methoxy groups -OCH3 is 1. The molecule has 3 rings (SSSR count). The maximum Gasteiger partial charge on any atom is 0.263 e. The average molecular weight is 356 g/mol. The molecule has 1 heterocycles. The zero-order chi connectivity index (χ0) is 17.8. The smallest absolute Gasteiger partial charge is 0.263 e. The highest BCUT2D eigenvalue weighted by atomic mass is 32.1. The highest BCUT2D eigenvalue weighted by molar-refractivity contribution is 7.14. The van der Waals surface area contributed by atoms with Gasteiger partial charge in [0.1, 0.15) is 4.88 Å². The van der Waals surface area contributed by atoms with Crippen LogP contribution < -0.4 is 10.1 Å². The minimum absolute atomic E-state index is 0.180. The molecular weight excluding hydrogens is 339 g/mol. The van der Waals surface area contributed by atoms with Crippen molar-refractivity contribution in [1.82, 2.24) is 10.3 Å². The highest BCUT2D eigenvalue weighted by Gasteiger charge is 2.18. The number of carbonyl (C=O) groups excluding carboxylic acids is 1. The fourth-order valence-corrected chi connectivity index (χ4v) is 3.31. The molecule has 0 unspecified atom stereocenters. The number of nitrogens with one attached hydrogen (secondary N) is 1. The van der Waals surface area contributed by atoms with E-state index in [4.69, 9.17) is 4.74 Å². The molecule has 3 aromatic rings. The van der Waals surface area contributed by atoms with Crippen molar-refractivity contribution in [3.8, 4) is 17.0 Å². The molecule has 0 spiro atoms. The maximum atomic E-state index is 13.7. The molecule has 128 valence electrons. The fourth-order valence-electron chi connectivity index (χ4n) is 2.46. The van der Waals surface area contributed by atoms with Crippen LogP contribution in [0.4, 0.5) is 4.39 Å². The summed E-state index contributed by atoms with van der Waals surface area (Å²) in [6.07, 6.45) is 0. The molecule has 0 aliphatic carbocycles. The topological polar surface area (TPSA) is 51.2 Å². The van der Waals surface area contributed by atoms with Gasteiger partial charge in [0.2, 0.25) is 0 Å². The minimum atomic E-state index is -0.451. The van der Waals surface area contributed by atoms with Crippen LogP contribution in [0, 0.1) is 12.7 Å². The normalized spacial score (nSPS) is 10.5. The van der Waals surface area contributed by atoms with Crippen LogP contribution in [0.3, 0.4) is 0 Å². The van der Waals surface area contributed by atoms with E-state index >= 15 is 0 Å². The van der Waals surface area contributed by atoms with Crippen molar-refractivity contribution in [3.05, 3.63) is 69.8 Å². The van der Waals surface area contributed by atoms with Gasteiger partial charge in [0, 0.05) is 12.1 Å². The van der Waals surface area contributed by atoms with Crippen LogP contribution in [0.1, 0.15) is 20.2 Å². The predicted octanol–water partition coefficient (Wildman–Crippen LogP) is 4.20. The van der Waals surface area contributed by atoms with Crippen molar-refractivity contribution in [3.63, 3.8) is 0 Å². The van der Waals surface area contributed by atoms with Gasteiger partial charge in [-0.15, -0.1) is 11.3 Å². The Morgan fingerprint density at radius 2 is 2.00 bits per heavy atom. The number of benzene rings is 2. The number of halogens is 1. The third kappa shape index (κ3) is 3.85. The number of ether oxygens (including phenoxy) is 1. The van der Waals surface area contributed by atoms with E-state index in [9.17, 15) is 9.18 Å². The lowest BCUT2D eigenvalue weighted by atomic mass is 10.1. The lowest BCUT2D eigenvalue weighted by Crippen LogP contribution is -2.22. The first kappa shape index (κ1) is 17.1. The van der Waals surface area contributed by atoms with Gasteiger partial charge in [-0.3, -0.25) is 4.79 Å². The van der Waals surface area contributed by atoms with Crippen LogP contribution in [-0.4, -0.2) is 18.0 Å². The third-order valence-corrected chi connectivity index (χ3v) is 4.63. The molecule has 25 heavy (non-hydrogen) atoms. The minimum Gasteiger partial charge on any atom is -0.494 e. The summed E-state index contributed by atoms with van der Waals surface area (Å²) < 4.78 is 18.6. The Bertz CT molecular complexity index is 894. The van der Waals surface area contributed by atoms with Crippen molar-refractivity contribution in [2.24, 2.45) is 0 Å². The predicted molar refractivity (Wildman–Crippen MR) is 96.4 cm³/mol. The Morgan fingerprint density at radius 3 is 2.68 bits per heavy atom. The van der Waals surface area contributed by atoms with Crippen LogP contribution >= 0.6 is 11.3 Å². The number of rotatable bonds is 5. The highest BCUT2D eigenvalue weighted by Crippen LogP contribution is 2.28.